The Morgan fingerprint density at radius 2 is 1.69 bits per heavy atom. The van der Waals surface area contributed by atoms with Gasteiger partial charge in [-0.2, -0.15) is 23.1 Å². The Morgan fingerprint density at radius 1 is 1.03 bits per heavy atom. The molecule has 1 aliphatic heterocycles. The van der Waals surface area contributed by atoms with E-state index in [0.717, 1.165) is 23.3 Å². The highest BCUT2D eigenvalue weighted by Crippen LogP contribution is 2.36. The molecule has 190 valence electrons. The van der Waals surface area contributed by atoms with Gasteiger partial charge in [-0.1, -0.05) is 17.7 Å². The maximum absolute atomic E-state index is 13.1. The molecule has 2 N–H and O–H groups in total. The van der Waals surface area contributed by atoms with Gasteiger partial charge in [0.25, 0.3) is 0 Å². The highest BCUT2D eigenvalue weighted by Gasteiger charge is 2.33. The number of urea groups is 1. The number of alkyl halides is 3. The predicted molar refractivity (Wildman–Crippen MR) is 131 cm³/mol. The molecule has 0 aliphatic carbocycles. The Morgan fingerprint density at radius 3 is 2.39 bits per heavy atom. The van der Waals surface area contributed by atoms with E-state index in [-0.39, 0.29) is 5.69 Å². The van der Waals surface area contributed by atoms with Gasteiger partial charge in [0.05, 0.1) is 23.8 Å². The third kappa shape index (κ3) is 6.41. The summed E-state index contributed by atoms with van der Waals surface area (Å²) in [5, 5.41) is 4.62. The van der Waals surface area contributed by atoms with Gasteiger partial charge in [-0.15, -0.1) is 0 Å². The number of carbonyl (C=O) groups is 1. The maximum Gasteiger partial charge on any atom is 0.417 e. The van der Waals surface area contributed by atoms with Gasteiger partial charge in [-0.05, 0) is 55.3 Å². The monoisotopic (exact) mass is 520 g/mol. The van der Waals surface area contributed by atoms with Crippen LogP contribution in [0.15, 0.2) is 36.4 Å². The predicted octanol–water partition coefficient (Wildman–Crippen LogP) is 5.23. The van der Waals surface area contributed by atoms with Crippen molar-refractivity contribution in [1.29, 1.82) is 0 Å². The van der Waals surface area contributed by atoms with Crippen molar-refractivity contribution in [3.8, 4) is 0 Å². The molecule has 2 heterocycles. The Hall–Kier alpha value is -3.44. The summed E-state index contributed by atoms with van der Waals surface area (Å²) in [6, 6.07) is 7.82. The molecule has 1 saturated heterocycles. The molecule has 36 heavy (non-hydrogen) atoms. The van der Waals surface area contributed by atoms with E-state index in [1.54, 1.807) is 12.1 Å². The number of nitrogens with one attached hydrogen (secondary N) is 2. The number of anilines is 3. The van der Waals surface area contributed by atoms with E-state index in [1.807, 2.05) is 19.9 Å². The number of aryl methyl sites for hydroxylation is 2. The first-order chi connectivity index (χ1) is 17.1. The number of morpholine rings is 1. The number of benzene rings is 2. The van der Waals surface area contributed by atoms with Crippen LogP contribution in [-0.2, 0) is 17.3 Å². The van der Waals surface area contributed by atoms with Gasteiger partial charge < -0.3 is 20.3 Å². The van der Waals surface area contributed by atoms with Gasteiger partial charge in [-0.25, -0.2) is 9.78 Å². The summed E-state index contributed by atoms with van der Waals surface area (Å²) < 4.78 is 44.7. The van der Waals surface area contributed by atoms with E-state index in [0.29, 0.717) is 56.0 Å². The molecule has 0 atom stereocenters. The summed E-state index contributed by atoms with van der Waals surface area (Å²) in [6.45, 7) is 6.38. The van der Waals surface area contributed by atoms with Gasteiger partial charge in [0.15, 0.2) is 0 Å². The number of amides is 2. The van der Waals surface area contributed by atoms with E-state index < -0.39 is 22.8 Å². The van der Waals surface area contributed by atoms with Crippen molar-refractivity contribution in [2.75, 3.05) is 41.8 Å². The molecule has 1 aromatic heterocycles. The fourth-order valence-corrected chi connectivity index (χ4v) is 3.95. The smallest absolute Gasteiger partial charge is 0.378 e. The first-order valence-electron chi connectivity index (χ1n) is 11.2. The highest BCUT2D eigenvalue weighted by atomic mass is 35.5. The summed E-state index contributed by atoms with van der Waals surface area (Å²) in [7, 11) is 0. The Balaban J connectivity index is 1.47. The number of hydrogen-bond donors (Lipinski definition) is 2. The third-order valence-corrected chi connectivity index (χ3v) is 5.89. The van der Waals surface area contributed by atoms with Gasteiger partial charge in [0.2, 0.25) is 5.95 Å². The van der Waals surface area contributed by atoms with Crippen LogP contribution in [-0.4, -0.2) is 47.3 Å². The number of hydrogen-bond acceptors (Lipinski definition) is 6. The molecular weight excluding hydrogens is 497 g/mol. The zero-order valence-corrected chi connectivity index (χ0v) is 20.4. The van der Waals surface area contributed by atoms with Crippen molar-refractivity contribution in [3.63, 3.8) is 0 Å². The summed E-state index contributed by atoms with van der Waals surface area (Å²) >= 11 is 5.64. The van der Waals surface area contributed by atoms with E-state index in [2.05, 4.69) is 30.5 Å². The number of carbonyl (C=O) groups excluding carboxylic acids is 1. The quantitative estimate of drug-likeness (QED) is 0.478. The molecule has 12 heteroatoms. The van der Waals surface area contributed by atoms with E-state index in [9.17, 15) is 18.0 Å². The van der Waals surface area contributed by atoms with Crippen LogP contribution in [0, 0.1) is 13.8 Å². The van der Waals surface area contributed by atoms with Crippen LogP contribution in [0.5, 0.6) is 0 Å². The molecule has 0 saturated carbocycles. The second-order valence-electron chi connectivity index (χ2n) is 8.29. The molecule has 3 aromatic rings. The summed E-state index contributed by atoms with van der Waals surface area (Å²) in [6.07, 6.45) is -4.22. The molecule has 0 spiro atoms. The number of rotatable bonds is 5. The zero-order valence-electron chi connectivity index (χ0n) is 19.6. The lowest BCUT2D eigenvalue weighted by molar-refractivity contribution is -0.137. The lowest BCUT2D eigenvalue weighted by atomic mass is 10.0. The summed E-state index contributed by atoms with van der Waals surface area (Å²) in [5.74, 6) is 1.80. The fourth-order valence-electron chi connectivity index (χ4n) is 3.73. The van der Waals surface area contributed by atoms with E-state index >= 15 is 0 Å². The molecule has 1 fully saturated rings. The Labute approximate surface area is 210 Å². The Kier molecular flexibility index (Phi) is 7.60. The molecule has 1 aliphatic rings. The van der Waals surface area contributed by atoms with Gasteiger partial charge in [-0.3, -0.25) is 0 Å². The van der Waals surface area contributed by atoms with E-state index in [1.165, 1.54) is 6.07 Å². The molecule has 0 radical (unpaired) electrons. The minimum absolute atomic E-state index is 0.0344. The number of ether oxygens (including phenoxy) is 1. The second kappa shape index (κ2) is 10.7. The van der Waals surface area contributed by atoms with E-state index in [4.69, 9.17) is 16.3 Å². The van der Waals surface area contributed by atoms with Gasteiger partial charge >= 0.3 is 12.2 Å². The number of halogens is 4. The van der Waals surface area contributed by atoms with Gasteiger partial charge in [0.1, 0.15) is 11.6 Å². The van der Waals surface area contributed by atoms with Crippen molar-refractivity contribution in [1.82, 2.24) is 15.0 Å². The van der Waals surface area contributed by atoms with Crippen LogP contribution in [0.2, 0.25) is 5.02 Å². The summed E-state index contributed by atoms with van der Waals surface area (Å²) in [4.78, 5) is 28.0. The normalized spacial score (nSPS) is 14.0. The lowest BCUT2D eigenvalue weighted by Gasteiger charge is -2.27. The first kappa shape index (κ1) is 25.6. The zero-order chi connectivity index (χ0) is 25.9. The molecule has 4 rings (SSSR count). The summed E-state index contributed by atoms with van der Waals surface area (Å²) in [5.41, 5.74) is 1.27. The van der Waals surface area contributed by atoms with Crippen LogP contribution in [0.3, 0.4) is 0 Å². The number of nitrogens with zero attached hydrogens (tertiary/aromatic N) is 4. The first-order valence-corrected chi connectivity index (χ1v) is 11.5. The lowest BCUT2D eigenvalue weighted by Crippen LogP contribution is -2.37. The van der Waals surface area contributed by atoms with Crippen molar-refractivity contribution in [2.24, 2.45) is 0 Å². The fraction of sp³-hybridized carbons (Fsp3) is 0.333. The van der Waals surface area contributed by atoms with Crippen LogP contribution in [0.25, 0.3) is 0 Å². The van der Waals surface area contributed by atoms with Crippen LogP contribution >= 0.6 is 11.6 Å². The highest BCUT2D eigenvalue weighted by molar-refractivity contribution is 6.31. The van der Waals surface area contributed by atoms with Crippen molar-refractivity contribution in [3.05, 3.63) is 69.8 Å². The topological polar surface area (TPSA) is 92.3 Å². The Bertz CT molecular complexity index is 1270. The molecule has 2 aromatic carbocycles. The molecule has 0 unspecified atom stereocenters. The van der Waals surface area contributed by atoms with Gasteiger partial charge in [0, 0.05) is 30.9 Å². The number of aromatic nitrogens is 3. The standard InChI is InChI=1S/C24H24ClF3N6O2/c1-14-3-4-17(31-23(35)32-18-5-6-20(25)19(13-18)24(26,27)28)11-16(14)12-21-29-15(2)30-22(33-21)34-7-9-36-10-8-34/h3-6,11,13H,7-10,12H2,1-2H3,(H2,31,32,35). The van der Waals surface area contributed by atoms with Crippen LogP contribution in [0.1, 0.15) is 28.3 Å². The van der Waals surface area contributed by atoms with Crippen LogP contribution < -0.4 is 15.5 Å². The third-order valence-electron chi connectivity index (χ3n) is 5.56. The largest absolute Gasteiger partial charge is 0.417 e. The average molecular weight is 521 g/mol. The molecule has 8 nitrogen and oxygen atoms in total. The maximum atomic E-state index is 13.1. The van der Waals surface area contributed by atoms with Crippen molar-refractivity contribution >= 4 is 35.0 Å². The molecule has 2 amide bonds. The second-order valence-corrected chi connectivity index (χ2v) is 8.70. The van der Waals surface area contributed by atoms with Crippen molar-refractivity contribution < 1.29 is 22.7 Å². The average Bonchev–Trinajstić information content (AvgIpc) is 2.82. The van der Waals surface area contributed by atoms with Crippen LogP contribution in [0.4, 0.5) is 35.3 Å². The molecule has 0 bridgehead atoms. The minimum atomic E-state index is -4.63. The SMILES string of the molecule is Cc1nc(Cc2cc(NC(=O)Nc3ccc(Cl)c(C(F)(F)F)c3)ccc2C)nc(N2CCOCC2)n1. The van der Waals surface area contributed by atoms with Crippen molar-refractivity contribution in [2.45, 2.75) is 26.4 Å². The minimum Gasteiger partial charge on any atom is -0.378 e. The molecular formula is C24H24ClF3N6O2.